The lowest BCUT2D eigenvalue weighted by molar-refractivity contribution is -0.138. The molecule has 112 valence electrons. The van der Waals surface area contributed by atoms with Gasteiger partial charge >= 0.3 is 5.97 Å². The lowest BCUT2D eigenvalue weighted by Crippen LogP contribution is -2.43. The van der Waals surface area contributed by atoms with Crippen LogP contribution in [0.5, 0.6) is 0 Å². The lowest BCUT2D eigenvalue weighted by atomic mass is 10.1. The molecule has 1 unspecified atom stereocenters. The molecule has 0 bridgehead atoms. The molecule has 0 aromatic carbocycles. The third kappa shape index (κ3) is 4.49. The van der Waals surface area contributed by atoms with E-state index in [1.54, 1.807) is 11.8 Å². The summed E-state index contributed by atoms with van der Waals surface area (Å²) in [6, 6.07) is 0.0540. The Morgan fingerprint density at radius 2 is 2.40 bits per heavy atom. The van der Waals surface area contributed by atoms with Gasteiger partial charge in [0, 0.05) is 30.5 Å². The molecule has 1 aliphatic heterocycles. The zero-order chi connectivity index (χ0) is 14.5. The molecule has 6 nitrogen and oxygen atoms in total. The van der Waals surface area contributed by atoms with Crippen molar-refractivity contribution in [3.63, 3.8) is 0 Å². The van der Waals surface area contributed by atoms with Crippen molar-refractivity contribution in [2.45, 2.75) is 39.3 Å². The number of hydrogen-bond donors (Lipinski definition) is 1. The first kappa shape index (κ1) is 15.3. The smallest absolute Gasteiger partial charge is 0.304 e. The van der Waals surface area contributed by atoms with Gasteiger partial charge in [-0.15, -0.1) is 0 Å². The summed E-state index contributed by atoms with van der Waals surface area (Å²) in [4.78, 5) is 17.4. The van der Waals surface area contributed by atoms with Crippen molar-refractivity contribution < 1.29 is 14.4 Å². The predicted molar refractivity (Wildman–Crippen MR) is 76.6 cm³/mol. The van der Waals surface area contributed by atoms with Gasteiger partial charge < -0.3 is 9.63 Å². The maximum absolute atomic E-state index is 10.9. The highest BCUT2D eigenvalue weighted by atomic mass is 32.2. The van der Waals surface area contributed by atoms with Gasteiger partial charge in [0.1, 0.15) is 0 Å². The summed E-state index contributed by atoms with van der Waals surface area (Å²) in [5.41, 5.74) is 0. The zero-order valence-corrected chi connectivity index (χ0v) is 12.7. The van der Waals surface area contributed by atoms with Crippen LogP contribution in [0.15, 0.2) is 4.52 Å². The van der Waals surface area contributed by atoms with E-state index < -0.39 is 5.97 Å². The van der Waals surface area contributed by atoms with Gasteiger partial charge in [-0.3, -0.25) is 9.69 Å². The highest BCUT2D eigenvalue weighted by Crippen LogP contribution is 2.20. The summed E-state index contributed by atoms with van der Waals surface area (Å²) >= 11 is 1.80. The minimum atomic E-state index is -0.754. The number of thioether (sulfide) groups is 1. The maximum atomic E-state index is 10.9. The number of aromatic nitrogens is 2. The molecule has 0 spiro atoms. The molecular weight excluding hydrogens is 278 g/mol. The van der Waals surface area contributed by atoms with Gasteiger partial charge in [0.15, 0.2) is 5.82 Å². The Bertz CT molecular complexity index is 450. The van der Waals surface area contributed by atoms with E-state index in [9.17, 15) is 4.79 Å². The van der Waals surface area contributed by atoms with Crippen LogP contribution in [0.1, 0.15) is 32.0 Å². The summed E-state index contributed by atoms with van der Waals surface area (Å²) in [7, 11) is 0. The highest BCUT2D eigenvalue weighted by molar-refractivity contribution is 7.99. The number of rotatable bonds is 6. The summed E-state index contributed by atoms with van der Waals surface area (Å²) in [6.07, 6.45) is 0.950. The third-order valence-electron chi connectivity index (χ3n) is 3.20. The summed E-state index contributed by atoms with van der Waals surface area (Å²) in [5.74, 6) is 2.92. The number of nitrogens with zero attached hydrogens (tertiary/aromatic N) is 3. The molecule has 2 heterocycles. The van der Waals surface area contributed by atoms with Crippen LogP contribution in [-0.2, 0) is 17.8 Å². The fourth-order valence-electron chi connectivity index (χ4n) is 2.26. The van der Waals surface area contributed by atoms with Crippen molar-refractivity contribution in [1.29, 1.82) is 0 Å². The average molecular weight is 299 g/mol. The Morgan fingerprint density at radius 1 is 1.60 bits per heavy atom. The van der Waals surface area contributed by atoms with Crippen LogP contribution < -0.4 is 0 Å². The van der Waals surface area contributed by atoms with Crippen LogP contribution in [0, 0.1) is 5.92 Å². The fourth-order valence-corrected chi connectivity index (χ4v) is 3.39. The quantitative estimate of drug-likeness (QED) is 0.855. The number of aliphatic carboxylic acids is 1. The Hall–Kier alpha value is -1.08. The topological polar surface area (TPSA) is 79.5 Å². The number of carboxylic acids is 1. The highest BCUT2D eigenvalue weighted by Gasteiger charge is 2.26. The van der Waals surface area contributed by atoms with E-state index in [-0.39, 0.29) is 12.5 Å². The van der Waals surface area contributed by atoms with Crippen molar-refractivity contribution in [2.75, 3.05) is 18.1 Å². The van der Waals surface area contributed by atoms with Gasteiger partial charge in [0.05, 0.1) is 13.0 Å². The molecule has 1 fully saturated rings. The summed E-state index contributed by atoms with van der Waals surface area (Å²) in [5, 5.41) is 13.0. The van der Waals surface area contributed by atoms with Crippen molar-refractivity contribution in [3.05, 3.63) is 11.7 Å². The van der Waals surface area contributed by atoms with Crippen LogP contribution in [-0.4, -0.2) is 50.2 Å². The van der Waals surface area contributed by atoms with Crippen LogP contribution in [0.25, 0.3) is 0 Å². The lowest BCUT2D eigenvalue weighted by Gasteiger charge is -2.33. The summed E-state index contributed by atoms with van der Waals surface area (Å²) < 4.78 is 5.22. The predicted octanol–water partition coefficient (Wildman–Crippen LogP) is 1.66. The SMILES string of the molecule is CC(C)Cc1nc(CN2CCSCC2CC(=O)O)no1. The second kappa shape index (κ2) is 7.08. The molecule has 0 aliphatic carbocycles. The first-order chi connectivity index (χ1) is 9.54. The Kier molecular flexibility index (Phi) is 5.42. The minimum Gasteiger partial charge on any atom is -0.481 e. The van der Waals surface area contributed by atoms with E-state index in [0.29, 0.717) is 24.2 Å². The average Bonchev–Trinajstić information content (AvgIpc) is 2.77. The molecule has 1 aliphatic rings. The molecule has 20 heavy (non-hydrogen) atoms. The molecule has 1 N–H and O–H groups in total. The van der Waals surface area contributed by atoms with Gasteiger partial charge in [-0.05, 0) is 5.92 Å². The van der Waals surface area contributed by atoms with E-state index in [1.807, 2.05) is 0 Å². The Balaban J connectivity index is 1.95. The minimum absolute atomic E-state index is 0.0540. The molecule has 0 radical (unpaired) electrons. The molecule has 0 amide bonds. The molecule has 0 saturated carbocycles. The van der Waals surface area contributed by atoms with Gasteiger partial charge in [-0.1, -0.05) is 19.0 Å². The standard InChI is InChI=1S/C13H21N3O3S/c1-9(2)5-12-14-11(15-19-12)7-16-3-4-20-8-10(16)6-13(17)18/h9-10H,3-8H2,1-2H3,(H,17,18). The van der Waals surface area contributed by atoms with Gasteiger partial charge in [0.25, 0.3) is 0 Å². The second-order valence-corrected chi connectivity index (χ2v) is 6.65. The summed E-state index contributed by atoms with van der Waals surface area (Å²) in [6.45, 7) is 5.65. The van der Waals surface area contributed by atoms with Crippen LogP contribution >= 0.6 is 11.8 Å². The van der Waals surface area contributed by atoms with Crippen molar-refractivity contribution in [2.24, 2.45) is 5.92 Å². The molecule has 1 atom stereocenters. The van der Waals surface area contributed by atoms with Gasteiger partial charge in [-0.2, -0.15) is 16.7 Å². The zero-order valence-electron chi connectivity index (χ0n) is 11.9. The monoisotopic (exact) mass is 299 g/mol. The number of hydrogen-bond acceptors (Lipinski definition) is 6. The third-order valence-corrected chi connectivity index (χ3v) is 4.29. The van der Waals surface area contributed by atoms with E-state index in [2.05, 4.69) is 28.9 Å². The Labute approximate surface area is 122 Å². The van der Waals surface area contributed by atoms with Gasteiger partial charge in [0.2, 0.25) is 5.89 Å². The molecule has 2 rings (SSSR count). The maximum Gasteiger partial charge on any atom is 0.304 e. The molecule has 1 aromatic rings. The van der Waals surface area contributed by atoms with Crippen LogP contribution in [0.2, 0.25) is 0 Å². The van der Waals surface area contributed by atoms with Crippen molar-refractivity contribution in [1.82, 2.24) is 15.0 Å². The van der Waals surface area contributed by atoms with E-state index >= 15 is 0 Å². The largest absolute Gasteiger partial charge is 0.481 e. The van der Waals surface area contributed by atoms with E-state index in [4.69, 9.17) is 9.63 Å². The molecule has 7 heteroatoms. The molecular formula is C13H21N3O3S. The van der Waals surface area contributed by atoms with Crippen molar-refractivity contribution in [3.8, 4) is 0 Å². The van der Waals surface area contributed by atoms with Crippen LogP contribution in [0.4, 0.5) is 0 Å². The second-order valence-electron chi connectivity index (χ2n) is 5.50. The van der Waals surface area contributed by atoms with Crippen LogP contribution in [0.3, 0.4) is 0 Å². The molecule has 1 aromatic heterocycles. The Morgan fingerprint density at radius 3 is 3.10 bits per heavy atom. The van der Waals surface area contributed by atoms with E-state index in [1.165, 1.54) is 0 Å². The number of carboxylic acid groups (broad SMARTS) is 1. The first-order valence-electron chi connectivity index (χ1n) is 6.89. The first-order valence-corrected chi connectivity index (χ1v) is 8.05. The van der Waals surface area contributed by atoms with E-state index in [0.717, 1.165) is 24.5 Å². The molecule has 1 saturated heterocycles. The normalized spacial score (nSPS) is 20.4. The fraction of sp³-hybridized carbons (Fsp3) is 0.769. The van der Waals surface area contributed by atoms with Gasteiger partial charge in [-0.25, -0.2) is 0 Å². The van der Waals surface area contributed by atoms with Crippen molar-refractivity contribution >= 4 is 17.7 Å². The number of carbonyl (C=O) groups is 1.